The molecule has 2 aromatic rings. The fourth-order valence-corrected chi connectivity index (χ4v) is 3.31. The summed E-state index contributed by atoms with van der Waals surface area (Å²) in [5.41, 5.74) is 1.10. The molecule has 1 heterocycles. The molecule has 0 bridgehead atoms. The molecule has 144 valence electrons. The summed E-state index contributed by atoms with van der Waals surface area (Å²) in [4.78, 5) is 7.10. The van der Waals surface area contributed by atoms with Crippen LogP contribution in [0, 0.1) is 0 Å². The molecule has 0 amide bonds. The van der Waals surface area contributed by atoms with Crippen molar-refractivity contribution in [2.24, 2.45) is 4.99 Å². The molecule has 0 radical (unpaired) electrons. The number of rotatable bonds is 6. The van der Waals surface area contributed by atoms with E-state index in [0.717, 1.165) is 56.2 Å². The van der Waals surface area contributed by atoms with Crippen LogP contribution in [0.1, 0.15) is 25.3 Å². The van der Waals surface area contributed by atoms with Gasteiger partial charge in [-0.2, -0.15) is 0 Å². The normalized spacial score (nSPS) is 15.6. The molecule has 2 aromatic carbocycles. The number of ether oxygens (including phenoxy) is 1. The van der Waals surface area contributed by atoms with Gasteiger partial charge in [-0.15, -0.1) is 0 Å². The average molecular weight is 367 g/mol. The number of phenols is 1. The summed E-state index contributed by atoms with van der Waals surface area (Å²) in [6, 6.07) is 17.4. The van der Waals surface area contributed by atoms with Gasteiger partial charge >= 0.3 is 0 Å². The van der Waals surface area contributed by atoms with E-state index in [4.69, 9.17) is 9.73 Å². The Morgan fingerprint density at radius 1 is 1.15 bits per heavy atom. The predicted octanol–water partition coefficient (Wildman–Crippen LogP) is 3.44. The maximum absolute atomic E-state index is 9.57. The third-order valence-electron chi connectivity index (χ3n) is 4.69. The number of benzene rings is 2. The standard InChI is InChI=1S/C22H29N3O2/c1-2-23-22(24-14-11-18-7-6-8-19(26)17-18)25-15-12-21(13-16-25)27-20-9-4-3-5-10-20/h3-10,17,21,26H,2,11-16H2,1H3,(H,23,24). The van der Waals surface area contributed by atoms with Gasteiger partial charge < -0.3 is 20.1 Å². The van der Waals surface area contributed by atoms with E-state index in [2.05, 4.69) is 17.1 Å². The number of nitrogens with one attached hydrogen (secondary N) is 1. The molecule has 5 nitrogen and oxygen atoms in total. The number of likely N-dealkylation sites (tertiary alicyclic amines) is 1. The Bertz CT molecular complexity index is 725. The van der Waals surface area contributed by atoms with Gasteiger partial charge in [0.05, 0.1) is 0 Å². The Balaban J connectivity index is 1.51. The van der Waals surface area contributed by atoms with Crippen LogP contribution in [0.2, 0.25) is 0 Å². The predicted molar refractivity (Wildman–Crippen MR) is 109 cm³/mol. The van der Waals surface area contributed by atoms with Crippen LogP contribution >= 0.6 is 0 Å². The monoisotopic (exact) mass is 367 g/mol. The summed E-state index contributed by atoms with van der Waals surface area (Å²) in [7, 11) is 0. The summed E-state index contributed by atoms with van der Waals surface area (Å²) < 4.78 is 6.08. The molecule has 1 aliphatic heterocycles. The van der Waals surface area contributed by atoms with Gasteiger partial charge in [-0.05, 0) is 43.2 Å². The first-order valence-electron chi connectivity index (χ1n) is 9.77. The van der Waals surface area contributed by atoms with E-state index in [9.17, 15) is 5.11 Å². The number of aromatic hydroxyl groups is 1. The van der Waals surface area contributed by atoms with Crippen molar-refractivity contribution in [3.05, 3.63) is 60.2 Å². The summed E-state index contributed by atoms with van der Waals surface area (Å²) in [6.07, 6.45) is 3.06. The molecule has 2 N–H and O–H groups in total. The number of piperidine rings is 1. The highest BCUT2D eigenvalue weighted by Crippen LogP contribution is 2.19. The van der Waals surface area contributed by atoms with Gasteiger partial charge in [-0.1, -0.05) is 30.3 Å². The summed E-state index contributed by atoms with van der Waals surface area (Å²) in [5.74, 6) is 2.22. The number of para-hydroxylation sites is 1. The number of aliphatic imine (C=N–C) groups is 1. The second-order valence-electron chi connectivity index (χ2n) is 6.77. The van der Waals surface area contributed by atoms with Crippen LogP contribution in [0.15, 0.2) is 59.6 Å². The van der Waals surface area contributed by atoms with Gasteiger partial charge in [-0.25, -0.2) is 0 Å². The van der Waals surface area contributed by atoms with Crippen LogP contribution in [0.25, 0.3) is 0 Å². The van der Waals surface area contributed by atoms with Crippen molar-refractivity contribution in [3.63, 3.8) is 0 Å². The van der Waals surface area contributed by atoms with E-state index in [1.54, 1.807) is 12.1 Å². The smallest absolute Gasteiger partial charge is 0.193 e. The minimum Gasteiger partial charge on any atom is -0.508 e. The van der Waals surface area contributed by atoms with Crippen LogP contribution < -0.4 is 10.1 Å². The highest BCUT2D eigenvalue weighted by atomic mass is 16.5. The molecule has 0 aliphatic carbocycles. The van der Waals surface area contributed by atoms with E-state index in [1.807, 2.05) is 42.5 Å². The quantitative estimate of drug-likeness (QED) is 0.607. The van der Waals surface area contributed by atoms with Crippen molar-refractivity contribution < 1.29 is 9.84 Å². The molecule has 1 aliphatic rings. The number of nitrogens with zero attached hydrogens (tertiary/aromatic N) is 2. The minimum atomic E-state index is 0.263. The van der Waals surface area contributed by atoms with E-state index in [1.165, 1.54) is 0 Å². The van der Waals surface area contributed by atoms with Gasteiger partial charge in [0.2, 0.25) is 0 Å². The fraction of sp³-hybridized carbons (Fsp3) is 0.409. The molecule has 0 atom stereocenters. The summed E-state index contributed by atoms with van der Waals surface area (Å²) >= 11 is 0. The molecule has 1 saturated heterocycles. The minimum absolute atomic E-state index is 0.263. The van der Waals surface area contributed by atoms with E-state index < -0.39 is 0 Å². The van der Waals surface area contributed by atoms with Gasteiger partial charge in [0.1, 0.15) is 17.6 Å². The molecular formula is C22H29N3O2. The molecule has 0 unspecified atom stereocenters. The Morgan fingerprint density at radius 3 is 2.63 bits per heavy atom. The van der Waals surface area contributed by atoms with Crippen molar-refractivity contribution in [3.8, 4) is 11.5 Å². The molecule has 0 aromatic heterocycles. The fourth-order valence-electron chi connectivity index (χ4n) is 3.31. The van der Waals surface area contributed by atoms with Crippen LogP contribution in [0.5, 0.6) is 11.5 Å². The third kappa shape index (κ3) is 5.91. The topological polar surface area (TPSA) is 57.1 Å². The van der Waals surface area contributed by atoms with Crippen molar-refractivity contribution >= 4 is 5.96 Å². The number of hydrogen-bond donors (Lipinski definition) is 2. The van der Waals surface area contributed by atoms with Crippen molar-refractivity contribution in [2.75, 3.05) is 26.2 Å². The molecular weight excluding hydrogens is 338 g/mol. The molecule has 27 heavy (non-hydrogen) atoms. The van der Waals surface area contributed by atoms with Gasteiger partial charge in [0.25, 0.3) is 0 Å². The van der Waals surface area contributed by atoms with Crippen LogP contribution in [-0.2, 0) is 6.42 Å². The van der Waals surface area contributed by atoms with E-state index in [-0.39, 0.29) is 6.10 Å². The zero-order valence-corrected chi connectivity index (χ0v) is 16.0. The molecule has 3 rings (SSSR count). The SMILES string of the molecule is CCNC(=NCCc1cccc(O)c1)N1CCC(Oc2ccccc2)CC1. The molecule has 0 saturated carbocycles. The highest BCUT2D eigenvalue weighted by molar-refractivity contribution is 5.80. The lowest BCUT2D eigenvalue weighted by molar-refractivity contribution is 0.129. The maximum atomic E-state index is 9.57. The Hall–Kier alpha value is -2.69. The first-order chi connectivity index (χ1) is 13.2. The lowest BCUT2D eigenvalue weighted by atomic mass is 10.1. The van der Waals surface area contributed by atoms with Crippen molar-refractivity contribution in [1.29, 1.82) is 0 Å². The largest absolute Gasteiger partial charge is 0.508 e. The molecule has 1 fully saturated rings. The van der Waals surface area contributed by atoms with Crippen molar-refractivity contribution in [1.82, 2.24) is 10.2 Å². The third-order valence-corrected chi connectivity index (χ3v) is 4.69. The van der Waals surface area contributed by atoms with Gasteiger partial charge in [-0.3, -0.25) is 4.99 Å². The molecule has 5 heteroatoms. The Labute approximate surface area is 161 Å². The first kappa shape index (κ1) is 19.1. The number of hydrogen-bond acceptors (Lipinski definition) is 3. The van der Waals surface area contributed by atoms with Crippen molar-refractivity contribution in [2.45, 2.75) is 32.3 Å². The second-order valence-corrected chi connectivity index (χ2v) is 6.77. The van der Waals surface area contributed by atoms with Gasteiger partial charge in [0, 0.05) is 39.0 Å². The van der Waals surface area contributed by atoms with E-state index in [0.29, 0.717) is 12.3 Å². The zero-order chi connectivity index (χ0) is 18.9. The Kier molecular flexibility index (Phi) is 6.97. The van der Waals surface area contributed by atoms with Crippen LogP contribution in [0.3, 0.4) is 0 Å². The number of guanidine groups is 1. The van der Waals surface area contributed by atoms with Crippen LogP contribution in [0.4, 0.5) is 0 Å². The van der Waals surface area contributed by atoms with E-state index >= 15 is 0 Å². The zero-order valence-electron chi connectivity index (χ0n) is 16.0. The highest BCUT2D eigenvalue weighted by Gasteiger charge is 2.22. The first-order valence-corrected chi connectivity index (χ1v) is 9.77. The summed E-state index contributed by atoms with van der Waals surface area (Å²) in [6.45, 7) is 5.53. The van der Waals surface area contributed by atoms with Crippen LogP contribution in [-0.4, -0.2) is 48.2 Å². The second kappa shape index (κ2) is 9.86. The number of phenolic OH excluding ortho intramolecular Hbond substituents is 1. The average Bonchev–Trinajstić information content (AvgIpc) is 2.69. The summed E-state index contributed by atoms with van der Waals surface area (Å²) in [5, 5.41) is 13.0. The lowest BCUT2D eigenvalue weighted by Crippen LogP contribution is -2.47. The lowest BCUT2D eigenvalue weighted by Gasteiger charge is -2.34. The Morgan fingerprint density at radius 2 is 1.93 bits per heavy atom. The van der Waals surface area contributed by atoms with Gasteiger partial charge in [0.15, 0.2) is 5.96 Å². The molecule has 0 spiro atoms. The maximum Gasteiger partial charge on any atom is 0.193 e.